The van der Waals surface area contributed by atoms with E-state index in [0.29, 0.717) is 4.90 Å². The zero-order valence-corrected chi connectivity index (χ0v) is 18.3. The largest absolute Gasteiger partial charge is 0.502 e. The Kier molecular flexibility index (Phi) is 5.22. The number of fused-ring (bicyclic) bond motifs is 3. The van der Waals surface area contributed by atoms with Crippen molar-refractivity contribution in [1.82, 2.24) is 14.7 Å². The molecule has 34 heavy (non-hydrogen) atoms. The van der Waals surface area contributed by atoms with Crippen LogP contribution in [0.25, 0.3) is 0 Å². The number of nitrogens with zero attached hydrogens (tertiary/aromatic N) is 3. The van der Waals surface area contributed by atoms with Gasteiger partial charge in [-0.25, -0.2) is 0 Å². The van der Waals surface area contributed by atoms with E-state index in [-0.39, 0.29) is 6.54 Å². The zero-order chi connectivity index (χ0) is 24.2. The highest BCUT2D eigenvalue weighted by Crippen LogP contribution is 2.44. The molecular weight excluding hydrogens is 447 g/mol. The number of rotatable bonds is 2. The van der Waals surface area contributed by atoms with E-state index in [1.165, 1.54) is 4.68 Å². The first-order valence-corrected chi connectivity index (χ1v) is 11.0. The maximum atomic E-state index is 13.7. The van der Waals surface area contributed by atoms with Gasteiger partial charge >= 0.3 is 6.18 Å². The van der Waals surface area contributed by atoms with E-state index in [1.807, 2.05) is 48.5 Å². The normalized spacial score (nSPS) is 19.1. The number of carbonyl (C=O) groups excluding carboxylic acids is 1. The molecule has 1 amide bonds. The molecular formula is C25H22F3N3O3. The molecule has 3 aromatic rings. The molecule has 2 aromatic carbocycles. The van der Waals surface area contributed by atoms with Gasteiger partial charge in [0.15, 0.2) is 11.4 Å². The van der Waals surface area contributed by atoms with Crippen molar-refractivity contribution in [3.8, 4) is 5.75 Å². The maximum absolute atomic E-state index is 13.7. The summed E-state index contributed by atoms with van der Waals surface area (Å²) in [5.74, 6) is -2.41. The molecule has 2 aliphatic rings. The third-order valence-electron chi connectivity index (χ3n) is 6.92. The molecule has 2 heterocycles. The van der Waals surface area contributed by atoms with Crippen LogP contribution in [0.5, 0.6) is 5.75 Å². The first-order valence-electron chi connectivity index (χ1n) is 11.0. The molecule has 5 rings (SSSR count). The highest BCUT2D eigenvalue weighted by Gasteiger charge is 2.48. The minimum absolute atomic E-state index is 0.283. The highest BCUT2D eigenvalue weighted by molar-refractivity contribution is 5.96. The first-order chi connectivity index (χ1) is 16.2. The van der Waals surface area contributed by atoms with E-state index in [9.17, 15) is 27.9 Å². The Labute approximate surface area is 193 Å². The number of amides is 1. The lowest BCUT2D eigenvalue weighted by atomic mass is 9.81. The average molecular weight is 469 g/mol. The Morgan fingerprint density at radius 1 is 1.00 bits per heavy atom. The fourth-order valence-corrected chi connectivity index (χ4v) is 5.15. The summed E-state index contributed by atoms with van der Waals surface area (Å²) in [5.41, 5.74) is 2.54. The summed E-state index contributed by atoms with van der Waals surface area (Å²) in [7, 11) is 0. The number of aryl methyl sites for hydroxylation is 2. The second-order valence-corrected chi connectivity index (χ2v) is 8.77. The van der Waals surface area contributed by atoms with Crippen molar-refractivity contribution in [1.29, 1.82) is 0 Å². The van der Waals surface area contributed by atoms with Crippen LogP contribution < -0.4 is 5.43 Å². The van der Waals surface area contributed by atoms with Crippen LogP contribution in [-0.2, 0) is 12.8 Å². The van der Waals surface area contributed by atoms with Gasteiger partial charge in [0, 0.05) is 12.5 Å². The second kappa shape index (κ2) is 8.00. The van der Waals surface area contributed by atoms with Crippen LogP contribution in [0.15, 0.2) is 59.5 Å². The van der Waals surface area contributed by atoms with Crippen molar-refractivity contribution in [3.05, 3.63) is 92.9 Å². The van der Waals surface area contributed by atoms with Crippen LogP contribution in [0.1, 0.15) is 51.6 Å². The van der Waals surface area contributed by atoms with Gasteiger partial charge in [0.05, 0.1) is 12.2 Å². The van der Waals surface area contributed by atoms with Gasteiger partial charge in [-0.2, -0.15) is 18.3 Å². The minimum atomic E-state index is -4.68. The molecule has 0 bridgehead atoms. The number of benzene rings is 2. The highest BCUT2D eigenvalue weighted by atomic mass is 19.4. The van der Waals surface area contributed by atoms with Gasteiger partial charge in [-0.05, 0) is 42.0 Å². The van der Waals surface area contributed by atoms with Crippen molar-refractivity contribution >= 4 is 5.91 Å². The molecule has 6 nitrogen and oxygen atoms in total. The average Bonchev–Trinajstić information content (AvgIpc) is 2.97. The number of carbonyl (C=O) groups is 1. The molecule has 0 fully saturated rings. The summed E-state index contributed by atoms with van der Waals surface area (Å²) < 4.78 is 42.4. The third-order valence-corrected chi connectivity index (χ3v) is 6.92. The number of hydrogen-bond donors (Lipinski definition) is 1. The number of aromatic hydroxyl groups is 1. The van der Waals surface area contributed by atoms with Crippen molar-refractivity contribution in [2.24, 2.45) is 0 Å². The van der Waals surface area contributed by atoms with Crippen LogP contribution >= 0.6 is 0 Å². The first kappa shape index (κ1) is 22.2. The predicted molar refractivity (Wildman–Crippen MR) is 118 cm³/mol. The van der Waals surface area contributed by atoms with E-state index in [0.717, 1.165) is 48.2 Å². The van der Waals surface area contributed by atoms with Crippen LogP contribution in [-0.4, -0.2) is 44.5 Å². The van der Waals surface area contributed by atoms with Gasteiger partial charge in [0.1, 0.15) is 6.04 Å². The summed E-state index contributed by atoms with van der Waals surface area (Å²) in [5, 5.41) is 14.6. The van der Waals surface area contributed by atoms with Crippen molar-refractivity contribution < 1.29 is 23.1 Å². The Morgan fingerprint density at radius 3 is 2.12 bits per heavy atom. The minimum Gasteiger partial charge on any atom is -0.502 e. The summed E-state index contributed by atoms with van der Waals surface area (Å²) in [6.07, 6.45) is -2.27. The molecule has 1 N–H and O–H groups in total. The smallest absolute Gasteiger partial charge is 0.408 e. The second-order valence-electron chi connectivity index (χ2n) is 8.77. The van der Waals surface area contributed by atoms with Crippen molar-refractivity contribution in [2.45, 2.75) is 43.9 Å². The van der Waals surface area contributed by atoms with E-state index in [2.05, 4.69) is 5.10 Å². The monoisotopic (exact) mass is 469 g/mol. The standard InChI is InChI=1S/C25H22F3N3O3/c1-14(25(26,27)28)30-13-19(31-22(24(30)34)23(33)20(32)12-29-31)21-17-8-4-2-6-15(17)10-11-16-7-3-5-9-18(16)21/h2-9,12,14,19,21,33H,10-11,13H2,1H3/t14-,19?/m1/s1. The molecule has 1 aliphatic carbocycles. The van der Waals surface area contributed by atoms with Gasteiger partial charge in [0.2, 0.25) is 5.43 Å². The number of hydrogen-bond acceptors (Lipinski definition) is 4. The number of aromatic nitrogens is 2. The van der Waals surface area contributed by atoms with Gasteiger partial charge in [-0.3, -0.25) is 14.3 Å². The zero-order valence-electron chi connectivity index (χ0n) is 18.3. The summed E-state index contributed by atoms with van der Waals surface area (Å²) >= 11 is 0. The van der Waals surface area contributed by atoms with E-state index >= 15 is 0 Å². The predicted octanol–water partition coefficient (Wildman–Crippen LogP) is 3.83. The Morgan fingerprint density at radius 2 is 1.56 bits per heavy atom. The fourth-order valence-electron chi connectivity index (χ4n) is 5.15. The lowest BCUT2D eigenvalue weighted by molar-refractivity contribution is -0.174. The van der Waals surface area contributed by atoms with E-state index in [4.69, 9.17) is 0 Å². The third kappa shape index (κ3) is 3.46. The molecule has 0 saturated heterocycles. The Bertz CT molecular complexity index is 1290. The molecule has 0 saturated carbocycles. The molecule has 0 spiro atoms. The van der Waals surface area contributed by atoms with Gasteiger partial charge in [-0.1, -0.05) is 48.5 Å². The molecule has 9 heteroatoms. The molecule has 2 atom stereocenters. The molecule has 176 valence electrons. The molecule has 1 unspecified atom stereocenters. The number of halogens is 3. The van der Waals surface area contributed by atoms with Gasteiger partial charge in [0.25, 0.3) is 5.91 Å². The maximum Gasteiger partial charge on any atom is 0.408 e. The van der Waals surface area contributed by atoms with Gasteiger partial charge in [-0.15, -0.1) is 0 Å². The van der Waals surface area contributed by atoms with Crippen LogP contribution in [0.2, 0.25) is 0 Å². The summed E-state index contributed by atoms with van der Waals surface area (Å²) in [6.45, 7) is 0.625. The summed E-state index contributed by atoms with van der Waals surface area (Å²) in [6, 6.07) is 12.6. The van der Waals surface area contributed by atoms with Crippen LogP contribution in [0.4, 0.5) is 13.2 Å². The van der Waals surface area contributed by atoms with Crippen molar-refractivity contribution in [3.63, 3.8) is 0 Å². The van der Waals surface area contributed by atoms with Crippen molar-refractivity contribution in [2.75, 3.05) is 6.54 Å². The van der Waals surface area contributed by atoms with Crippen LogP contribution in [0.3, 0.4) is 0 Å². The quantitative estimate of drug-likeness (QED) is 0.619. The Hall–Kier alpha value is -3.62. The van der Waals surface area contributed by atoms with E-state index < -0.39 is 47.0 Å². The molecule has 0 radical (unpaired) electrons. The molecule has 1 aromatic heterocycles. The summed E-state index contributed by atoms with van der Waals surface area (Å²) in [4.78, 5) is 25.9. The van der Waals surface area contributed by atoms with E-state index in [1.54, 1.807) is 0 Å². The lowest BCUT2D eigenvalue weighted by Gasteiger charge is -2.42. The SMILES string of the molecule is C[C@@H](N1CC(C2c3ccccc3CCc3ccccc32)n2ncc(=O)c(O)c2C1=O)C(F)(F)F. The lowest BCUT2D eigenvalue weighted by Crippen LogP contribution is -2.54. The topological polar surface area (TPSA) is 75.4 Å². The Balaban J connectivity index is 1.77. The van der Waals surface area contributed by atoms with Crippen LogP contribution in [0, 0.1) is 0 Å². The molecule has 1 aliphatic heterocycles. The fraction of sp³-hybridized carbons (Fsp3) is 0.320. The number of alkyl halides is 3. The van der Waals surface area contributed by atoms with Gasteiger partial charge < -0.3 is 10.0 Å².